The molecule has 0 spiro atoms. The Labute approximate surface area is 246 Å². The number of piperazine rings is 1. The molecule has 1 atom stereocenters. The quantitative estimate of drug-likeness (QED) is 0.0626. The Morgan fingerprint density at radius 2 is 1.84 bits per heavy atom. The molecule has 4 aromatic rings. The highest BCUT2D eigenvalue weighted by Gasteiger charge is 2.33. The number of hydrogen-bond donors (Lipinski definition) is 3. The van der Waals surface area contributed by atoms with E-state index >= 15 is 4.39 Å². The van der Waals surface area contributed by atoms with Gasteiger partial charge in [-0.2, -0.15) is 5.10 Å². The van der Waals surface area contributed by atoms with E-state index in [2.05, 4.69) is 15.5 Å². The van der Waals surface area contributed by atoms with Crippen LogP contribution in [0.3, 0.4) is 0 Å². The molecule has 1 fully saturated rings. The molecule has 5 N–H and O–H groups in total. The first-order valence-corrected chi connectivity index (χ1v) is 13.6. The number of carbonyl (C=O) groups is 3. The topological polar surface area (TPSA) is 170 Å². The van der Waals surface area contributed by atoms with Crippen molar-refractivity contribution in [2.75, 3.05) is 37.8 Å². The minimum Gasteiger partial charge on any atom is -0.461 e. The van der Waals surface area contributed by atoms with Crippen LogP contribution in [0.25, 0.3) is 22.3 Å². The molecule has 1 aliphatic rings. The molecule has 1 unspecified atom stereocenters. The van der Waals surface area contributed by atoms with E-state index in [1.165, 1.54) is 31.4 Å². The number of nitrogens with one attached hydrogen (secondary N) is 1. The van der Waals surface area contributed by atoms with E-state index in [0.717, 1.165) is 11.9 Å². The molecule has 0 saturated carbocycles. The zero-order valence-corrected chi connectivity index (χ0v) is 24.0. The molecule has 1 aliphatic heterocycles. The molecular formula is C28H33FN10O4. The number of aryl methyl sites for hydroxylation is 2. The first-order valence-electron chi connectivity index (χ1n) is 13.6. The van der Waals surface area contributed by atoms with Gasteiger partial charge in [-0.1, -0.05) is 18.2 Å². The molecule has 0 radical (unpaired) electrons. The number of hydrazine groups is 2. The fourth-order valence-corrected chi connectivity index (χ4v) is 5.27. The van der Waals surface area contributed by atoms with Gasteiger partial charge in [-0.05, 0) is 19.1 Å². The number of nitrogens with zero attached hydrogens (tertiary/aromatic N) is 7. The van der Waals surface area contributed by atoms with E-state index in [0.29, 0.717) is 13.1 Å². The van der Waals surface area contributed by atoms with Crippen LogP contribution >= 0.6 is 0 Å². The first kappa shape index (κ1) is 29.8. The predicted molar refractivity (Wildman–Crippen MR) is 156 cm³/mol. The minimum atomic E-state index is -0.846. The lowest BCUT2D eigenvalue weighted by atomic mass is 10.1. The van der Waals surface area contributed by atoms with Gasteiger partial charge >= 0.3 is 5.97 Å². The van der Waals surface area contributed by atoms with Crippen molar-refractivity contribution in [3.05, 3.63) is 65.9 Å². The van der Waals surface area contributed by atoms with Gasteiger partial charge in [-0.25, -0.2) is 25.4 Å². The van der Waals surface area contributed by atoms with Crippen molar-refractivity contribution in [3.63, 3.8) is 0 Å². The van der Waals surface area contributed by atoms with Gasteiger partial charge in [-0.15, -0.1) is 0 Å². The third kappa shape index (κ3) is 5.58. The molecule has 1 amide bonds. The summed E-state index contributed by atoms with van der Waals surface area (Å²) in [6.07, 6.45) is 1.83. The smallest absolute Gasteiger partial charge is 0.356 e. The number of carbonyl (C=O) groups excluding carboxylic acids is 3. The third-order valence-corrected chi connectivity index (χ3v) is 7.41. The summed E-state index contributed by atoms with van der Waals surface area (Å²) in [6.45, 7) is 3.11. The molecule has 0 bridgehead atoms. The van der Waals surface area contributed by atoms with E-state index < -0.39 is 29.8 Å². The van der Waals surface area contributed by atoms with Crippen molar-refractivity contribution >= 4 is 34.3 Å². The zero-order valence-electron chi connectivity index (χ0n) is 24.0. The normalized spacial score (nSPS) is 14.6. The third-order valence-electron chi connectivity index (χ3n) is 7.41. The van der Waals surface area contributed by atoms with E-state index in [-0.39, 0.29) is 53.2 Å². The summed E-state index contributed by atoms with van der Waals surface area (Å²) in [5, 5.41) is 5.79. The van der Waals surface area contributed by atoms with Crippen LogP contribution < -0.4 is 22.1 Å². The van der Waals surface area contributed by atoms with Crippen LogP contribution in [-0.2, 0) is 23.6 Å². The number of Topliss-reactive ketones (excluding diaryl/α,β-unsaturated/α-hetero) is 1. The number of esters is 1. The van der Waals surface area contributed by atoms with Gasteiger partial charge < -0.3 is 14.2 Å². The van der Waals surface area contributed by atoms with Crippen LogP contribution in [0.5, 0.6) is 0 Å². The molecule has 1 saturated heterocycles. The van der Waals surface area contributed by atoms with Gasteiger partial charge in [-0.3, -0.25) is 30.0 Å². The van der Waals surface area contributed by atoms with Crippen molar-refractivity contribution in [2.45, 2.75) is 13.2 Å². The predicted octanol–water partition coefficient (Wildman–Crippen LogP) is 0.744. The summed E-state index contributed by atoms with van der Waals surface area (Å²) in [5.41, 5.74) is 4.33. The van der Waals surface area contributed by atoms with Crippen LogP contribution in [0.2, 0.25) is 0 Å². The highest BCUT2D eigenvalue weighted by Crippen LogP contribution is 2.32. The fraction of sp³-hybridized carbons (Fsp3) is 0.321. The van der Waals surface area contributed by atoms with Crippen molar-refractivity contribution < 1.29 is 23.5 Å². The second-order valence-electron chi connectivity index (χ2n) is 10.0. The number of anilines is 1. The summed E-state index contributed by atoms with van der Waals surface area (Å²) in [5.74, 6) is 9.18. The van der Waals surface area contributed by atoms with Crippen molar-refractivity contribution in [1.29, 1.82) is 0 Å². The Morgan fingerprint density at radius 1 is 1.14 bits per heavy atom. The minimum absolute atomic E-state index is 0.0538. The number of amides is 1. The van der Waals surface area contributed by atoms with Crippen LogP contribution in [-0.4, -0.2) is 85.9 Å². The number of fused-ring (bicyclic) bond motifs is 1. The van der Waals surface area contributed by atoms with Gasteiger partial charge in [0.2, 0.25) is 0 Å². The number of halogens is 1. The molecule has 4 heterocycles. The zero-order chi connectivity index (χ0) is 30.8. The highest BCUT2D eigenvalue weighted by molar-refractivity contribution is 6.45. The summed E-state index contributed by atoms with van der Waals surface area (Å²) in [6, 6.07) is 10.8. The number of nitrogens with two attached hydrogens (primary N) is 2. The number of benzene rings is 1. The first-order chi connectivity index (χ1) is 20.7. The van der Waals surface area contributed by atoms with Crippen LogP contribution in [0.1, 0.15) is 27.8 Å². The molecule has 226 valence electrons. The lowest BCUT2D eigenvalue weighted by molar-refractivity contribution is -0.128. The number of ketones is 1. The molecule has 1 aromatic carbocycles. The molecule has 15 heteroatoms. The highest BCUT2D eigenvalue weighted by atomic mass is 19.1. The number of pyridine rings is 1. The molecule has 3 aromatic heterocycles. The van der Waals surface area contributed by atoms with Crippen LogP contribution in [0, 0.1) is 5.82 Å². The van der Waals surface area contributed by atoms with Gasteiger partial charge in [0.05, 0.1) is 35.0 Å². The molecule has 43 heavy (non-hydrogen) atoms. The molecule has 0 aliphatic carbocycles. The maximum Gasteiger partial charge on any atom is 0.356 e. The summed E-state index contributed by atoms with van der Waals surface area (Å²) in [7, 11) is 3.20. The monoisotopic (exact) mass is 592 g/mol. The SMILES string of the molecule is CCOC(=O)c1cc(-c2ncc(F)c3c(C(=O)C(=O)N4CCN(C(NN)N(N)c5ccccc5)CC4)cn(C)c23)nn1C. The van der Waals surface area contributed by atoms with E-state index in [1.54, 1.807) is 21.0 Å². The average Bonchev–Trinajstić information content (AvgIpc) is 3.58. The number of hydrogen-bond acceptors (Lipinski definition) is 11. The Bertz CT molecular complexity index is 1660. The fourth-order valence-electron chi connectivity index (χ4n) is 5.27. The molecule has 5 rings (SSSR count). The van der Waals surface area contributed by atoms with Gasteiger partial charge in [0.1, 0.15) is 17.1 Å². The Balaban J connectivity index is 1.36. The van der Waals surface area contributed by atoms with Crippen molar-refractivity contribution in [3.8, 4) is 11.4 Å². The second kappa shape index (κ2) is 12.3. The second-order valence-corrected chi connectivity index (χ2v) is 10.0. The average molecular weight is 593 g/mol. The standard InChI is InChI=1S/C28H33FN10O4/c1-4-43-27(42)21-14-20(34-36(21)3)23-24-22(19(29)15-32-23)18(16-35(24)2)25(40)26(41)37-10-12-38(13-11-37)28(33-30)39(31)17-8-6-5-7-9-17/h5-9,14-16,28,33H,4,10-13,30-31H2,1-3H3. The molecule has 14 nitrogen and oxygen atoms in total. The van der Waals surface area contributed by atoms with Gasteiger partial charge in [0, 0.05) is 52.5 Å². The largest absolute Gasteiger partial charge is 0.461 e. The molecular weight excluding hydrogens is 559 g/mol. The van der Waals surface area contributed by atoms with E-state index in [4.69, 9.17) is 16.4 Å². The van der Waals surface area contributed by atoms with E-state index in [9.17, 15) is 14.4 Å². The number of ether oxygens (including phenoxy) is 1. The van der Waals surface area contributed by atoms with Crippen molar-refractivity contribution in [1.82, 2.24) is 34.6 Å². The van der Waals surface area contributed by atoms with E-state index in [1.807, 2.05) is 35.2 Å². The lowest BCUT2D eigenvalue weighted by Gasteiger charge is -2.42. The van der Waals surface area contributed by atoms with Crippen molar-refractivity contribution in [2.24, 2.45) is 25.8 Å². The number of rotatable bonds is 9. The van der Waals surface area contributed by atoms with Crippen LogP contribution in [0.4, 0.5) is 10.1 Å². The van der Waals surface area contributed by atoms with Gasteiger partial charge in [0.15, 0.2) is 12.1 Å². The maximum absolute atomic E-state index is 15.2. The van der Waals surface area contributed by atoms with Crippen LogP contribution in [0.15, 0.2) is 48.8 Å². The maximum atomic E-state index is 15.2. The summed E-state index contributed by atoms with van der Waals surface area (Å²) in [4.78, 5) is 46.8. The number of aromatic nitrogens is 4. The lowest BCUT2D eigenvalue weighted by Crippen LogP contribution is -2.65. The number of para-hydroxylation sites is 1. The van der Waals surface area contributed by atoms with Gasteiger partial charge in [0.25, 0.3) is 11.7 Å². The Morgan fingerprint density at radius 3 is 2.49 bits per heavy atom. The summed E-state index contributed by atoms with van der Waals surface area (Å²) >= 11 is 0. The Hall–Kier alpha value is -4.70. The Kier molecular flexibility index (Phi) is 8.50. The summed E-state index contributed by atoms with van der Waals surface area (Å²) < 4.78 is 23.2.